The second kappa shape index (κ2) is 15.0. The maximum atomic E-state index is 13.6. The summed E-state index contributed by atoms with van der Waals surface area (Å²) < 4.78 is 12.5. The Hall–Kier alpha value is -2.45. The first-order valence-electron chi connectivity index (χ1n) is 15.1. The lowest BCUT2D eigenvalue weighted by atomic mass is 9.74. The number of primary amides is 1. The van der Waals surface area contributed by atoms with Gasteiger partial charge < -0.3 is 15.2 Å². The summed E-state index contributed by atoms with van der Waals surface area (Å²) in [5.41, 5.74) is 7.52. The average molecular weight is 564 g/mol. The van der Waals surface area contributed by atoms with Gasteiger partial charge in [0.1, 0.15) is 29.7 Å². The number of hydrogen-bond donors (Lipinski definition) is 2. The van der Waals surface area contributed by atoms with Gasteiger partial charge in [-0.25, -0.2) is 10.2 Å². The van der Waals surface area contributed by atoms with Gasteiger partial charge in [-0.05, 0) is 81.0 Å². The molecule has 2 aliphatic carbocycles. The Morgan fingerprint density at radius 1 is 0.750 bits per heavy atom. The fourth-order valence-corrected chi connectivity index (χ4v) is 6.87. The topological polar surface area (TPSA) is 137 Å². The molecule has 2 aliphatic rings. The van der Waals surface area contributed by atoms with Crippen molar-refractivity contribution >= 4 is 29.5 Å². The number of hydrazone groups is 1. The van der Waals surface area contributed by atoms with Crippen LogP contribution in [-0.2, 0) is 23.9 Å². The maximum absolute atomic E-state index is 13.6. The second-order valence-corrected chi connectivity index (χ2v) is 13.2. The summed E-state index contributed by atoms with van der Waals surface area (Å²) >= 11 is 0. The van der Waals surface area contributed by atoms with Crippen LogP contribution in [0.15, 0.2) is 5.10 Å². The van der Waals surface area contributed by atoms with Crippen LogP contribution < -0.4 is 11.2 Å². The van der Waals surface area contributed by atoms with Crippen molar-refractivity contribution in [2.75, 3.05) is 0 Å². The Labute approximate surface area is 240 Å². The van der Waals surface area contributed by atoms with Crippen molar-refractivity contribution in [3.8, 4) is 0 Å². The quantitative estimate of drug-likeness (QED) is 0.112. The Kier molecular flexibility index (Phi) is 12.6. The van der Waals surface area contributed by atoms with E-state index in [0.29, 0.717) is 23.7 Å². The fraction of sp³-hybridized carbons (Fsp3) is 0.839. The molecule has 2 rings (SSSR count). The molecule has 0 aliphatic heterocycles. The standard InChI is InChI=1S/C31H53N3O6/c1-16(2)23-12-10-18(5)14-25(23)39-29(33-34-31(32)38)27(21(8)35)20(7)28(22(9)36)30(37)40-26-15-19(6)11-13-24(26)17(3)4/h16-20,23-28H,10-15H2,1-9H3,(H3,32,34,38)/b33-29-/t18-,19+,20+,23+,24+,25+,26+,27+,28+/m0/s1. The molecule has 0 unspecified atom stereocenters. The molecule has 9 atom stereocenters. The summed E-state index contributed by atoms with van der Waals surface area (Å²) in [6.07, 6.45) is 5.10. The Balaban J connectivity index is 2.41. The first kappa shape index (κ1) is 33.8. The number of carbonyl (C=O) groups is 4. The van der Waals surface area contributed by atoms with Crippen molar-refractivity contribution < 1.29 is 28.7 Å². The molecule has 0 aromatic rings. The first-order valence-corrected chi connectivity index (χ1v) is 15.1. The highest BCUT2D eigenvalue weighted by molar-refractivity contribution is 6.04. The number of nitrogens with one attached hydrogen (secondary N) is 1. The van der Waals surface area contributed by atoms with Crippen molar-refractivity contribution in [1.29, 1.82) is 0 Å². The molecule has 2 saturated carbocycles. The third kappa shape index (κ3) is 9.03. The first-order chi connectivity index (χ1) is 18.6. The van der Waals surface area contributed by atoms with Gasteiger partial charge in [0.25, 0.3) is 0 Å². The molecule has 40 heavy (non-hydrogen) atoms. The summed E-state index contributed by atoms with van der Waals surface area (Å²) in [5.74, 6) is -2.44. The van der Waals surface area contributed by atoms with Crippen LogP contribution in [0.5, 0.6) is 0 Å². The average Bonchev–Trinajstić information content (AvgIpc) is 2.81. The van der Waals surface area contributed by atoms with Crippen LogP contribution in [-0.4, -0.2) is 41.7 Å². The van der Waals surface area contributed by atoms with E-state index in [2.05, 4.69) is 52.1 Å². The molecule has 0 saturated heterocycles. The molecule has 9 nitrogen and oxygen atoms in total. The number of nitrogens with zero attached hydrogens (tertiary/aromatic N) is 1. The van der Waals surface area contributed by atoms with E-state index >= 15 is 0 Å². The third-order valence-corrected chi connectivity index (χ3v) is 9.19. The highest BCUT2D eigenvalue weighted by Crippen LogP contribution is 2.38. The van der Waals surface area contributed by atoms with Crippen LogP contribution in [0.3, 0.4) is 0 Å². The predicted molar refractivity (Wildman–Crippen MR) is 155 cm³/mol. The summed E-state index contributed by atoms with van der Waals surface area (Å²) in [6.45, 7) is 17.2. The van der Waals surface area contributed by atoms with Crippen LogP contribution >= 0.6 is 0 Å². The van der Waals surface area contributed by atoms with Gasteiger partial charge in [0.15, 0.2) is 0 Å². The smallest absolute Gasteiger partial charge is 0.332 e. The lowest BCUT2D eigenvalue weighted by molar-refractivity contribution is -0.165. The summed E-state index contributed by atoms with van der Waals surface area (Å²) in [5, 5.41) is 4.13. The number of ether oxygens (including phenoxy) is 2. The molecular weight excluding hydrogens is 510 g/mol. The Bertz CT molecular complexity index is 932. The van der Waals surface area contributed by atoms with Crippen molar-refractivity contribution in [2.24, 2.45) is 64.1 Å². The molecule has 0 bridgehead atoms. The Morgan fingerprint density at radius 2 is 1.20 bits per heavy atom. The Morgan fingerprint density at radius 3 is 1.60 bits per heavy atom. The monoisotopic (exact) mass is 563 g/mol. The number of amides is 2. The molecule has 0 aromatic carbocycles. The highest BCUT2D eigenvalue weighted by Gasteiger charge is 2.44. The van der Waals surface area contributed by atoms with E-state index < -0.39 is 29.8 Å². The minimum absolute atomic E-state index is 0.0195. The summed E-state index contributed by atoms with van der Waals surface area (Å²) in [7, 11) is 0. The maximum Gasteiger partial charge on any atom is 0.332 e. The van der Waals surface area contributed by atoms with E-state index in [0.717, 1.165) is 38.5 Å². The minimum atomic E-state index is -1.19. The summed E-state index contributed by atoms with van der Waals surface area (Å²) in [4.78, 5) is 51.3. The second-order valence-electron chi connectivity index (χ2n) is 13.2. The molecule has 2 amide bonds. The van der Waals surface area contributed by atoms with Crippen LogP contribution in [0.4, 0.5) is 4.79 Å². The number of nitrogens with two attached hydrogens (primary N) is 1. The van der Waals surface area contributed by atoms with E-state index in [4.69, 9.17) is 15.2 Å². The number of hydrogen-bond acceptors (Lipinski definition) is 7. The number of carbonyl (C=O) groups excluding carboxylic acids is 4. The fourth-order valence-electron chi connectivity index (χ4n) is 6.87. The lowest BCUT2D eigenvalue weighted by Crippen LogP contribution is -2.46. The van der Waals surface area contributed by atoms with Crippen LogP contribution in [0.2, 0.25) is 0 Å². The molecule has 0 radical (unpaired) electrons. The lowest BCUT2D eigenvalue weighted by Gasteiger charge is -2.39. The van der Waals surface area contributed by atoms with Crippen LogP contribution in [0.1, 0.15) is 101 Å². The number of Topliss-reactive ketones (excluding diaryl/α,β-unsaturated/α-hetero) is 2. The number of rotatable bonds is 11. The normalized spacial score (nSPS) is 29.8. The zero-order valence-corrected chi connectivity index (χ0v) is 26.1. The molecule has 228 valence electrons. The molecule has 0 aromatic heterocycles. The molecular formula is C31H53N3O6. The van der Waals surface area contributed by atoms with Gasteiger partial charge in [-0.3, -0.25) is 14.4 Å². The largest absolute Gasteiger partial charge is 0.476 e. The molecule has 2 fully saturated rings. The van der Waals surface area contributed by atoms with Gasteiger partial charge in [0.2, 0.25) is 5.90 Å². The predicted octanol–water partition coefficient (Wildman–Crippen LogP) is 5.50. The molecule has 0 heterocycles. The van der Waals surface area contributed by atoms with E-state index in [1.807, 2.05) is 0 Å². The minimum Gasteiger partial charge on any atom is -0.476 e. The zero-order valence-electron chi connectivity index (χ0n) is 26.1. The van der Waals surface area contributed by atoms with Gasteiger partial charge in [-0.1, -0.05) is 61.3 Å². The van der Waals surface area contributed by atoms with Gasteiger partial charge in [-0.15, -0.1) is 5.10 Å². The van der Waals surface area contributed by atoms with Crippen molar-refractivity contribution in [3.63, 3.8) is 0 Å². The highest BCUT2D eigenvalue weighted by atomic mass is 16.5. The number of ketones is 2. The van der Waals surface area contributed by atoms with Crippen molar-refractivity contribution in [3.05, 3.63) is 0 Å². The zero-order chi connectivity index (χ0) is 30.3. The molecule has 0 spiro atoms. The van der Waals surface area contributed by atoms with Crippen LogP contribution in [0, 0.1) is 53.3 Å². The van der Waals surface area contributed by atoms with E-state index in [9.17, 15) is 19.2 Å². The van der Waals surface area contributed by atoms with Crippen molar-refractivity contribution in [2.45, 2.75) is 113 Å². The van der Waals surface area contributed by atoms with E-state index in [-0.39, 0.29) is 41.5 Å². The number of esters is 1. The molecule has 9 heteroatoms. The van der Waals surface area contributed by atoms with Gasteiger partial charge in [0, 0.05) is 0 Å². The van der Waals surface area contributed by atoms with Crippen LogP contribution in [0.25, 0.3) is 0 Å². The van der Waals surface area contributed by atoms with E-state index in [1.54, 1.807) is 6.92 Å². The van der Waals surface area contributed by atoms with E-state index in [1.165, 1.54) is 13.8 Å². The number of urea groups is 1. The summed E-state index contributed by atoms with van der Waals surface area (Å²) in [6, 6.07) is -0.901. The SMILES string of the molecule is CC(=O)[C@H](C(=O)O[C@@H]1C[C@H](C)CC[C@@H]1C(C)C)[C@H](C)[C@H](C(C)=O)/C(=N/NC(N)=O)O[C@@H]1C[C@@H](C)CC[C@@H]1C(C)C. The van der Waals surface area contributed by atoms with Gasteiger partial charge >= 0.3 is 12.0 Å². The molecule has 3 N–H and O–H groups in total. The van der Waals surface area contributed by atoms with Gasteiger partial charge in [-0.2, -0.15) is 0 Å². The third-order valence-electron chi connectivity index (χ3n) is 9.19. The van der Waals surface area contributed by atoms with Crippen molar-refractivity contribution in [1.82, 2.24) is 5.43 Å². The van der Waals surface area contributed by atoms with Gasteiger partial charge in [0.05, 0.1) is 5.92 Å².